The maximum atomic E-state index is 12.4. The van der Waals surface area contributed by atoms with Crippen LogP contribution in [0.4, 0.5) is 0 Å². The summed E-state index contributed by atoms with van der Waals surface area (Å²) in [5.74, 6) is -2.31. The number of esters is 3. The molecule has 158 valence electrons. The Kier molecular flexibility index (Phi) is 7.93. The van der Waals surface area contributed by atoms with Gasteiger partial charge in [-0.1, -0.05) is 26.5 Å². The fourth-order valence-corrected chi connectivity index (χ4v) is 3.34. The number of allylic oxidation sites excluding steroid dienone is 1. The van der Waals surface area contributed by atoms with Gasteiger partial charge in [0.25, 0.3) is 0 Å². The molecule has 0 saturated carbocycles. The number of carbonyl (C=O) groups excluding carboxylic acids is 4. The number of carbonyl (C=O) groups is 4. The van der Waals surface area contributed by atoms with Crippen LogP contribution in [0.3, 0.4) is 0 Å². The van der Waals surface area contributed by atoms with Crippen LogP contribution in [0.2, 0.25) is 0 Å². The highest BCUT2D eigenvalue weighted by atomic mass is 16.6. The topological polar surface area (TPSA) is 96.0 Å². The highest BCUT2D eigenvalue weighted by molar-refractivity contribution is 5.91. The highest BCUT2D eigenvalue weighted by Gasteiger charge is 2.45. The van der Waals surface area contributed by atoms with Crippen molar-refractivity contribution in [1.82, 2.24) is 0 Å². The van der Waals surface area contributed by atoms with E-state index in [0.717, 1.165) is 11.9 Å². The molecule has 0 radical (unpaired) electrons. The van der Waals surface area contributed by atoms with Crippen LogP contribution in [0.15, 0.2) is 35.5 Å². The number of hydrogen-bond donors (Lipinski definition) is 0. The summed E-state index contributed by atoms with van der Waals surface area (Å²) >= 11 is 0. The molecule has 0 amide bonds. The van der Waals surface area contributed by atoms with Crippen LogP contribution >= 0.6 is 0 Å². The fraction of sp³-hybridized carbons (Fsp3) is 0.545. The second kappa shape index (κ2) is 10.2. The SMILES string of the molecule is C=C1C(=O)O[C@@H]2/C=C(\COC(C)=O)CCC=C(C=O)C[C@H](OC(=O)[C@@H](C)CC)[C@@H]12. The van der Waals surface area contributed by atoms with Crippen molar-refractivity contribution in [2.45, 2.75) is 58.7 Å². The second-order valence-electron chi connectivity index (χ2n) is 7.45. The molecule has 2 aliphatic rings. The van der Waals surface area contributed by atoms with Crippen LogP contribution in [0, 0.1) is 11.8 Å². The average Bonchev–Trinajstić information content (AvgIpc) is 2.96. The predicted octanol–water partition coefficient (Wildman–Crippen LogP) is 2.84. The van der Waals surface area contributed by atoms with Crippen molar-refractivity contribution in [3.63, 3.8) is 0 Å². The molecule has 1 aliphatic heterocycles. The molecule has 0 aromatic carbocycles. The fourth-order valence-electron chi connectivity index (χ4n) is 3.34. The second-order valence-corrected chi connectivity index (χ2v) is 7.45. The highest BCUT2D eigenvalue weighted by Crippen LogP contribution is 2.36. The van der Waals surface area contributed by atoms with E-state index in [1.54, 1.807) is 19.1 Å². The van der Waals surface area contributed by atoms with Crippen LogP contribution < -0.4 is 0 Å². The van der Waals surface area contributed by atoms with E-state index in [1.807, 2.05) is 6.92 Å². The Labute approximate surface area is 170 Å². The molecule has 1 saturated heterocycles. The van der Waals surface area contributed by atoms with Gasteiger partial charge in [-0.25, -0.2) is 4.79 Å². The predicted molar refractivity (Wildman–Crippen MR) is 105 cm³/mol. The van der Waals surface area contributed by atoms with Crippen molar-refractivity contribution in [2.75, 3.05) is 6.61 Å². The third-order valence-corrected chi connectivity index (χ3v) is 5.27. The third-order valence-electron chi connectivity index (χ3n) is 5.27. The van der Waals surface area contributed by atoms with Gasteiger partial charge in [0.2, 0.25) is 0 Å². The Bertz CT molecular complexity index is 746. The van der Waals surface area contributed by atoms with E-state index < -0.39 is 36.0 Å². The summed E-state index contributed by atoms with van der Waals surface area (Å²) in [4.78, 5) is 47.4. The Morgan fingerprint density at radius 2 is 2.14 bits per heavy atom. The molecule has 1 heterocycles. The largest absolute Gasteiger partial charge is 0.461 e. The maximum absolute atomic E-state index is 12.4. The molecular formula is C22H28O7. The summed E-state index contributed by atoms with van der Waals surface area (Å²) < 4.78 is 16.3. The van der Waals surface area contributed by atoms with Gasteiger partial charge < -0.3 is 14.2 Å². The van der Waals surface area contributed by atoms with E-state index in [4.69, 9.17) is 14.2 Å². The van der Waals surface area contributed by atoms with Crippen LogP contribution in [0.25, 0.3) is 0 Å². The summed E-state index contributed by atoms with van der Waals surface area (Å²) in [7, 11) is 0. The molecule has 7 heteroatoms. The monoisotopic (exact) mass is 404 g/mol. The van der Waals surface area contributed by atoms with Gasteiger partial charge in [0.1, 0.15) is 25.1 Å². The Balaban J connectivity index is 2.41. The molecule has 0 aromatic heterocycles. The lowest BCUT2D eigenvalue weighted by atomic mass is 9.85. The van der Waals surface area contributed by atoms with Crippen LogP contribution in [0.1, 0.15) is 46.5 Å². The molecule has 7 nitrogen and oxygen atoms in total. The standard InChI is InChI=1S/C22H28O7/c1-5-13(2)21(25)28-18-9-16(11-23)7-6-8-17(12-27-15(4)24)10-19-20(18)14(3)22(26)29-19/h7,10-11,13,18-20H,3,5-6,8-9,12H2,1-2,4H3/b16-7?,17-10-/t13-,18-,19+,20+/m0/s1. The van der Waals surface area contributed by atoms with Gasteiger partial charge in [-0.15, -0.1) is 0 Å². The van der Waals surface area contributed by atoms with Crippen molar-refractivity contribution >= 4 is 24.2 Å². The molecule has 0 aromatic rings. The van der Waals surface area contributed by atoms with E-state index in [2.05, 4.69) is 6.58 Å². The molecule has 0 bridgehead atoms. The van der Waals surface area contributed by atoms with Crippen LogP contribution in [-0.4, -0.2) is 43.0 Å². The quantitative estimate of drug-likeness (QED) is 0.221. The van der Waals surface area contributed by atoms with Crippen LogP contribution in [0.5, 0.6) is 0 Å². The zero-order valence-corrected chi connectivity index (χ0v) is 17.1. The third kappa shape index (κ3) is 5.89. The first kappa shape index (κ1) is 22.6. The Morgan fingerprint density at radius 3 is 2.76 bits per heavy atom. The number of rotatable bonds is 6. The van der Waals surface area contributed by atoms with Crippen molar-refractivity contribution in [1.29, 1.82) is 0 Å². The molecule has 1 fully saturated rings. The lowest BCUT2D eigenvalue weighted by Crippen LogP contribution is -2.35. The van der Waals surface area contributed by atoms with Crippen molar-refractivity contribution in [3.05, 3.63) is 35.5 Å². The van der Waals surface area contributed by atoms with Gasteiger partial charge in [-0.2, -0.15) is 0 Å². The average molecular weight is 404 g/mol. The molecule has 0 unspecified atom stereocenters. The molecule has 1 aliphatic carbocycles. The van der Waals surface area contributed by atoms with E-state index in [9.17, 15) is 19.2 Å². The smallest absolute Gasteiger partial charge is 0.334 e. The summed E-state index contributed by atoms with van der Waals surface area (Å²) in [6, 6.07) is 0. The summed E-state index contributed by atoms with van der Waals surface area (Å²) in [6.07, 6.45) is 4.65. The normalized spacial score (nSPS) is 27.5. The van der Waals surface area contributed by atoms with Gasteiger partial charge in [0.15, 0.2) is 0 Å². The van der Waals surface area contributed by atoms with Gasteiger partial charge in [-0.05, 0) is 36.5 Å². The lowest BCUT2D eigenvalue weighted by Gasteiger charge is -2.28. The molecular weight excluding hydrogens is 376 g/mol. The zero-order chi connectivity index (χ0) is 21.6. The van der Waals surface area contributed by atoms with Gasteiger partial charge >= 0.3 is 17.9 Å². The van der Waals surface area contributed by atoms with Crippen molar-refractivity contribution in [2.24, 2.45) is 11.8 Å². The number of ether oxygens (including phenoxy) is 3. The number of fused-ring (bicyclic) bond motifs is 1. The molecule has 0 spiro atoms. The van der Waals surface area contributed by atoms with E-state index in [-0.39, 0.29) is 24.5 Å². The van der Waals surface area contributed by atoms with Crippen molar-refractivity contribution in [3.8, 4) is 0 Å². The first-order valence-corrected chi connectivity index (χ1v) is 9.84. The minimum atomic E-state index is -0.763. The van der Waals surface area contributed by atoms with Crippen molar-refractivity contribution < 1.29 is 33.4 Å². The maximum Gasteiger partial charge on any atom is 0.334 e. The zero-order valence-electron chi connectivity index (χ0n) is 17.1. The van der Waals surface area contributed by atoms with Gasteiger partial charge in [0.05, 0.1) is 11.8 Å². The van der Waals surface area contributed by atoms with Gasteiger partial charge in [-0.3, -0.25) is 14.4 Å². The van der Waals surface area contributed by atoms with Crippen LogP contribution in [-0.2, 0) is 33.4 Å². The molecule has 29 heavy (non-hydrogen) atoms. The Morgan fingerprint density at radius 1 is 1.41 bits per heavy atom. The molecule has 0 N–H and O–H groups in total. The minimum absolute atomic E-state index is 0.0597. The Hall–Kier alpha value is -2.70. The molecule has 2 rings (SSSR count). The number of hydrogen-bond acceptors (Lipinski definition) is 7. The molecule has 4 atom stereocenters. The number of aldehydes is 1. The van der Waals surface area contributed by atoms with E-state index in [0.29, 0.717) is 24.8 Å². The summed E-state index contributed by atoms with van der Waals surface area (Å²) in [5, 5.41) is 0. The summed E-state index contributed by atoms with van der Waals surface area (Å²) in [6.45, 7) is 8.85. The minimum Gasteiger partial charge on any atom is -0.461 e. The van der Waals surface area contributed by atoms with E-state index in [1.165, 1.54) is 6.92 Å². The van der Waals surface area contributed by atoms with E-state index >= 15 is 0 Å². The first-order chi connectivity index (χ1) is 13.8. The van der Waals surface area contributed by atoms with Gasteiger partial charge in [0, 0.05) is 18.9 Å². The first-order valence-electron chi connectivity index (χ1n) is 9.84. The lowest BCUT2D eigenvalue weighted by molar-refractivity contribution is -0.156. The summed E-state index contributed by atoms with van der Waals surface area (Å²) in [5.41, 5.74) is 1.44.